The number of aromatic nitrogens is 2. The van der Waals surface area contributed by atoms with Gasteiger partial charge >= 0.3 is 0 Å². The minimum atomic E-state index is -0.646. The molecule has 0 saturated carbocycles. The zero-order valence-corrected chi connectivity index (χ0v) is 13.9. The van der Waals surface area contributed by atoms with Gasteiger partial charge in [0.05, 0.1) is 11.9 Å². The van der Waals surface area contributed by atoms with Crippen molar-refractivity contribution in [2.75, 3.05) is 7.05 Å². The van der Waals surface area contributed by atoms with E-state index in [4.69, 9.17) is 4.84 Å². The van der Waals surface area contributed by atoms with E-state index in [1.165, 1.54) is 12.1 Å². The Morgan fingerprint density at radius 2 is 2.12 bits per heavy atom. The lowest BCUT2D eigenvalue weighted by molar-refractivity contribution is -0.141. The van der Waals surface area contributed by atoms with Crippen molar-refractivity contribution in [3.05, 3.63) is 53.1 Å². The zero-order valence-electron chi connectivity index (χ0n) is 13.9. The number of carbonyl (C=O) groups excluding carboxylic acids is 1. The summed E-state index contributed by atoms with van der Waals surface area (Å²) in [5.74, 6) is -0.448. The van der Waals surface area contributed by atoms with Crippen LogP contribution < -0.4 is 0 Å². The molecule has 3 rings (SSSR count). The molecule has 2 heterocycles. The van der Waals surface area contributed by atoms with Gasteiger partial charge in [0.1, 0.15) is 5.82 Å². The molecule has 1 aliphatic heterocycles. The van der Waals surface area contributed by atoms with Crippen LogP contribution >= 0.6 is 0 Å². The summed E-state index contributed by atoms with van der Waals surface area (Å²) in [7, 11) is 3.59. The molecule has 126 valence electrons. The van der Waals surface area contributed by atoms with E-state index in [9.17, 15) is 9.18 Å². The molecule has 2 aromatic rings. The van der Waals surface area contributed by atoms with Crippen LogP contribution in [0.25, 0.3) is 0 Å². The number of aryl methyl sites for hydroxylation is 1. The minimum Gasteiger partial charge on any atom is -0.382 e. The average Bonchev–Trinajstić information content (AvgIpc) is 3.17. The zero-order chi connectivity index (χ0) is 17.3. The second-order valence-electron chi connectivity index (χ2n) is 5.92. The Morgan fingerprint density at radius 1 is 1.42 bits per heavy atom. The highest BCUT2D eigenvalue weighted by Crippen LogP contribution is 2.19. The molecule has 0 bridgehead atoms. The van der Waals surface area contributed by atoms with Gasteiger partial charge in [-0.1, -0.05) is 17.3 Å². The summed E-state index contributed by atoms with van der Waals surface area (Å²) in [6, 6.07) is 5.99. The molecular formula is C17H19FN4O2. The molecule has 1 aromatic carbocycles. The molecule has 1 atom stereocenters. The molecule has 1 aromatic heterocycles. The smallest absolute Gasteiger partial charge is 0.266 e. The Kier molecular flexibility index (Phi) is 4.33. The third-order valence-corrected chi connectivity index (χ3v) is 4.24. The standard InChI is InChI=1S/C17H19FN4O2/c1-11-13(9-19-22(11)3)10-21(2)17(23)16-8-15(20-24-16)12-4-6-14(18)7-5-12/h4-7,9,16H,8,10H2,1-3H3. The number of hydrogen-bond acceptors (Lipinski definition) is 4. The van der Waals surface area contributed by atoms with Crippen molar-refractivity contribution in [3.63, 3.8) is 0 Å². The van der Waals surface area contributed by atoms with Gasteiger partial charge in [-0.2, -0.15) is 5.10 Å². The summed E-state index contributed by atoms with van der Waals surface area (Å²) in [5.41, 5.74) is 3.42. The first-order chi connectivity index (χ1) is 11.5. The number of benzene rings is 1. The van der Waals surface area contributed by atoms with Crippen molar-refractivity contribution < 1.29 is 14.0 Å². The van der Waals surface area contributed by atoms with E-state index >= 15 is 0 Å². The first-order valence-corrected chi connectivity index (χ1v) is 7.67. The van der Waals surface area contributed by atoms with Crippen molar-refractivity contribution in [3.8, 4) is 0 Å². The second kappa shape index (κ2) is 6.43. The SMILES string of the molecule is Cc1c(CN(C)C(=O)C2CC(c3ccc(F)cc3)=NO2)cnn1C. The summed E-state index contributed by atoms with van der Waals surface area (Å²) in [6.45, 7) is 2.42. The maximum Gasteiger partial charge on any atom is 0.266 e. The van der Waals surface area contributed by atoms with E-state index in [1.807, 2.05) is 14.0 Å². The minimum absolute atomic E-state index is 0.140. The van der Waals surface area contributed by atoms with Crippen LogP contribution in [0.1, 0.15) is 23.2 Å². The van der Waals surface area contributed by atoms with Gasteiger partial charge in [0.15, 0.2) is 0 Å². The number of oxime groups is 1. The number of amides is 1. The van der Waals surface area contributed by atoms with Crippen molar-refractivity contribution in [2.24, 2.45) is 12.2 Å². The summed E-state index contributed by atoms with van der Waals surface area (Å²) in [4.78, 5) is 19.4. The van der Waals surface area contributed by atoms with E-state index in [0.717, 1.165) is 16.8 Å². The molecular weight excluding hydrogens is 311 g/mol. The first-order valence-electron chi connectivity index (χ1n) is 7.67. The fraction of sp³-hybridized carbons (Fsp3) is 0.353. The van der Waals surface area contributed by atoms with Crippen molar-refractivity contribution in [2.45, 2.75) is 26.0 Å². The molecule has 0 fully saturated rings. The lowest BCUT2D eigenvalue weighted by Gasteiger charge is -2.19. The third-order valence-electron chi connectivity index (χ3n) is 4.24. The van der Waals surface area contributed by atoms with Gasteiger partial charge in [-0.25, -0.2) is 4.39 Å². The number of rotatable bonds is 4. The molecule has 0 saturated heterocycles. The van der Waals surface area contributed by atoms with E-state index in [1.54, 1.807) is 35.0 Å². The highest BCUT2D eigenvalue weighted by Gasteiger charge is 2.31. The van der Waals surface area contributed by atoms with E-state index < -0.39 is 6.10 Å². The maximum atomic E-state index is 13.0. The van der Waals surface area contributed by atoms with Gasteiger partial charge < -0.3 is 9.74 Å². The first kappa shape index (κ1) is 16.2. The molecule has 24 heavy (non-hydrogen) atoms. The van der Waals surface area contributed by atoms with Gasteiger partial charge in [-0.3, -0.25) is 9.48 Å². The Balaban J connectivity index is 1.62. The van der Waals surface area contributed by atoms with Crippen LogP contribution in [-0.2, 0) is 23.2 Å². The monoisotopic (exact) mass is 330 g/mol. The van der Waals surface area contributed by atoms with Crippen LogP contribution in [0.3, 0.4) is 0 Å². The Bertz CT molecular complexity index is 782. The van der Waals surface area contributed by atoms with Crippen molar-refractivity contribution >= 4 is 11.6 Å². The molecule has 0 radical (unpaired) electrons. The molecule has 1 aliphatic rings. The van der Waals surface area contributed by atoms with E-state index in [0.29, 0.717) is 18.7 Å². The molecule has 0 aliphatic carbocycles. The third kappa shape index (κ3) is 3.15. The van der Waals surface area contributed by atoms with Crippen LogP contribution in [0.4, 0.5) is 4.39 Å². The Labute approximate surface area is 139 Å². The van der Waals surface area contributed by atoms with Gasteiger partial charge in [0.25, 0.3) is 5.91 Å². The average molecular weight is 330 g/mol. The van der Waals surface area contributed by atoms with Crippen molar-refractivity contribution in [1.29, 1.82) is 0 Å². The van der Waals surface area contributed by atoms with Crippen LogP contribution in [0, 0.1) is 12.7 Å². The fourth-order valence-corrected chi connectivity index (χ4v) is 2.60. The van der Waals surface area contributed by atoms with Crippen LogP contribution in [0.2, 0.25) is 0 Å². The highest BCUT2D eigenvalue weighted by molar-refractivity contribution is 6.04. The highest BCUT2D eigenvalue weighted by atomic mass is 19.1. The Morgan fingerprint density at radius 3 is 2.75 bits per heavy atom. The van der Waals surface area contributed by atoms with Crippen LogP contribution in [0.5, 0.6) is 0 Å². The van der Waals surface area contributed by atoms with Gasteiger partial charge in [-0.05, 0) is 24.6 Å². The van der Waals surface area contributed by atoms with E-state index in [2.05, 4.69) is 10.3 Å². The number of likely N-dealkylation sites (N-methyl/N-ethyl adjacent to an activating group) is 1. The normalized spacial score (nSPS) is 16.7. The summed E-state index contributed by atoms with van der Waals surface area (Å²) in [6.07, 6.45) is 1.49. The van der Waals surface area contributed by atoms with Gasteiger partial charge in [0, 0.05) is 38.3 Å². The molecule has 1 amide bonds. The quantitative estimate of drug-likeness (QED) is 0.862. The molecule has 1 unspecified atom stereocenters. The van der Waals surface area contributed by atoms with Crippen LogP contribution in [0.15, 0.2) is 35.6 Å². The predicted octanol–water partition coefficient (Wildman–Crippen LogP) is 2.02. The second-order valence-corrected chi connectivity index (χ2v) is 5.92. The number of hydrogen-bond donors (Lipinski definition) is 0. The van der Waals surface area contributed by atoms with Gasteiger partial charge in [0.2, 0.25) is 6.10 Å². The number of halogens is 1. The summed E-state index contributed by atoms with van der Waals surface area (Å²) < 4.78 is 14.8. The fourth-order valence-electron chi connectivity index (χ4n) is 2.60. The Hall–Kier alpha value is -2.70. The van der Waals surface area contributed by atoms with E-state index in [-0.39, 0.29) is 11.7 Å². The molecule has 0 spiro atoms. The molecule has 0 N–H and O–H groups in total. The summed E-state index contributed by atoms with van der Waals surface area (Å²) in [5, 5.41) is 8.16. The van der Waals surface area contributed by atoms with Crippen LogP contribution in [-0.4, -0.2) is 39.5 Å². The summed E-state index contributed by atoms with van der Waals surface area (Å²) >= 11 is 0. The molecule has 7 heteroatoms. The topological polar surface area (TPSA) is 59.7 Å². The lowest BCUT2D eigenvalue weighted by Crippen LogP contribution is -2.36. The maximum absolute atomic E-state index is 13.0. The number of carbonyl (C=O) groups is 1. The largest absolute Gasteiger partial charge is 0.382 e. The predicted molar refractivity (Wildman–Crippen MR) is 86.8 cm³/mol. The van der Waals surface area contributed by atoms with Gasteiger partial charge in [-0.15, -0.1) is 0 Å². The van der Waals surface area contributed by atoms with Crippen molar-refractivity contribution in [1.82, 2.24) is 14.7 Å². The lowest BCUT2D eigenvalue weighted by atomic mass is 10.0. The molecule has 6 nitrogen and oxygen atoms in total. The number of nitrogens with zero attached hydrogens (tertiary/aromatic N) is 4.